The van der Waals surface area contributed by atoms with E-state index in [0.717, 1.165) is 34.6 Å². The highest BCUT2D eigenvalue weighted by Gasteiger charge is 2.20. The number of benzene rings is 2. The summed E-state index contributed by atoms with van der Waals surface area (Å²) in [7, 11) is 0. The predicted molar refractivity (Wildman–Crippen MR) is 103 cm³/mol. The minimum atomic E-state index is -0.247. The van der Waals surface area contributed by atoms with Gasteiger partial charge in [0, 0.05) is 18.0 Å². The fourth-order valence-corrected chi connectivity index (χ4v) is 3.61. The molecule has 26 heavy (non-hydrogen) atoms. The largest absolute Gasteiger partial charge is 0.487 e. The van der Waals surface area contributed by atoms with Crippen molar-refractivity contribution in [1.29, 1.82) is 0 Å². The van der Waals surface area contributed by atoms with Crippen molar-refractivity contribution >= 4 is 16.7 Å². The van der Waals surface area contributed by atoms with E-state index in [2.05, 4.69) is 24.0 Å². The number of halogens is 1. The molecular formula is C22H23FN2O. The molecule has 3 nitrogen and oxygen atoms in total. The summed E-state index contributed by atoms with van der Waals surface area (Å²) in [6, 6.07) is 17.2. The van der Waals surface area contributed by atoms with E-state index >= 15 is 0 Å². The molecule has 1 saturated heterocycles. The van der Waals surface area contributed by atoms with Gasteiger partial charge in [0.05, 0.1) is 0 Å². The lowest BCUT2D eigenvalue weighted by Crippen LogP contribution is -2.37. The molecule has 1 aliphatic rings. The van der Waals surface area contributed by atoms with Crippen molar-refractivity contribution in [1.82, 2.24) is 4.98 Å². The van der Waals surface area contributed by atoms with Crippen LogP contribution in [-0.4, -0.2) is 17.6 Å². The number of anilines is 1. The molecule has 1 aliphatic heterocycles. The Morgan fingerprint density at radius 3 is 2.85 bits per heavy atom. The first-order chi connectivity index (χ1) is 12.7. The quantitative estimate of drug-likeness (QED) is 0.636. The van der Waals surface area contributed by atoms with Gasteiger partial charge in [0.1, 0.15) is 29.5 Å². The van der Waals surface area contributed by atoms with Crippen LogP contribution >= 0.6 is 0 Å². The first-order valence-electron chi connectivity index (χ1n) is 9.24. The molecule has 4 rings (SSSR count). The van der Waals surface area contributed by atoms with Crippen molar-refractivity contribution < 1.29 is 9.13 Å². The molecule has 0 amide bonds. The number of hydrogen-bond acceptors (Lipinski definition) is 3. The lowest BCUT2D eigenvalue weighted by atomic mass is 10.0. The summed E-state index contributed by atoms with van der Waals surface area (Å²) in [6.07, 6.45) is 3.70. The van der Waals surface area contributed by atoms with Gasteiger partial charge in [-0.1, -0.05) is 24.3 Å². The number of nitrogens with zero attached hydrogens (tertiary/aromatic N) is 2. The lowest BCUT2D eigenvalue weighted by molar-refractivity contribution is 0.308. The van der Waals surface area contributed by atoms with Crippen LogP contribution in [0.15, 0.2) is 54.6 Å². The summed E-state index contributed by atoms with van der Waals surface area (Å²) in [5.74, 6) is 1.49. The van der Waals surface area contributed by atoms with Gasteiger partial charge >= 0.3 is 0 Å². The first-order valence-corrected chi connectivity index (χ1v) is 9.24. The Morgan fingerprint density at radius 2 is 2.00 bits per heavy atom. The molecule has 0 bridgehead atoms. The number of ether oxygens (including phenoxy) is 1. The molecule has 1 unspecified atom stereocenters. The van der Waals surface area contributed by atoms with Crippen LogP contribution < -0.4 is 9.64 Å². The Balaban J connectivity index is 1.63. The van der Waals surface area contributed by atoms with Crippen molar-refractivity contribution in [3.8, 4) is 5.75 Å². The van der Waals surface area contributed by atoms with Gasteiger partial charge in [-0.2, -0.15) is 0 Å². The fraction of sp³-hybridized carbons (Fsp3) is 0.318. The minimum Gasteiger partial charge on any atom is -0.487 e. The molecule has 1 atom stereocenters. The van der Waals surface area contributed by atoms with Gasteiger partial charge < -0.3 is 9.64 Å². The number of rotatable bonds is 4. The number of hydrogen-bond donors (Lipinski definition) is 0. The summed E-state index contributed by atoms with van der Waals surface area (Å²) in [6.45, 7) is 3.63. The van der Waals surface area contributed by atoms with Crippen LogP contribution in [0, 0.1) is 5.82 Å². The van der Waals surface area contributed by atoms with Crippen LogP contribution in [0.1, 0.15) is 31.7 Å². The zero-order valence-corrected chi connectivity index (χ0v) is 15.0. The third-order valence-corrected chi connectivity index (χ3v) is 5.05. The molecule has 134 valence electrons. The molecule has 0 N–H and O–H groups in total. The third-order valence-electron chi connectivity index (χ3n) is 5.05. The Labute approximate surface area is 153 Å². The number of aromatic nitrogens is 1. The molecule has 4 heteroatoms. The van der Waals surface area contributed by atoms with E-state index in [0.29, 0.717) is 12.6 Å². The van der Waals surface area contributed by atoms with Crippen molar-refractivity contribution in [2.45, 2.75) is 38.8 Å². The number of para-hydroxylation sites is 1. The lowest BCUT2D eigenvalue weighted by Gasteiger charge is -2.34. The van der Waals surface area contributed by atoms with E-state index < -0.39 is 0 Å². The van der Waals surface area contributed by atoms with Crippen molar-refractivity contribution in [2.24, 2.45) is 0 Å². The van der Waals surface area contributed by atoms with Crippen molar-refractivity contribution in [3.63, 3.8) is 0 Å². The summed E-state index contributed by atoms with van der Waals surface area (Å²) in [5, 5.41) is 1.05. The number of fused-ring (bicyclic) bond motifs is 1. The van der Waals surface area contributed by atoms with Gasteiger partial charge in [-0.25, -0.2) is 9.37 Å². The van der Waals surface area contributed by atoms with Crippen molar-refractivity contribution in [3.05, 3.63) is 66.0 Å². The maximum Gasteiger partial charge on any atom is 0.146 e. The molecule has 2 aromatic carbocycles. The molecule has 1 fully saturated rings. The number of piperidine rings is 1. The summed E-state index contributed by atoms with van der Waals surface area (Å²) in [5.41, 5.74) is 1.67. The molecule has 0 saturated carbocycles. The summed E-state index contributed by atoms with van der Waals surface area (Å²) < 4.78 is 19.3. The summed E-state index contributed by atoms with van der Waals surface area (Å²) in [4.78, 5) is 7.29. The molecule has 2 heterocycles. The SMILES string of the molecule is CC1CCCCN1c1ccc2cccc(OCc3cccc(F)c3)c2n1. The average molecular weight is 350 g/mol. The highest BCUT2D eigenvalue weighted by molar-refractivity contribution is 5.86. The van der Waals surface area contributed by atoms with Crippen LogP contribution in [0.4, 0.5) is 10.2 Å². The highest BCUT2D eigenvalue weighted by Crippen LogP contribution is 2.29. The smallest absolute Gasteiger partial charge is 0.146 e. The van der Waals surface area contributed by atoms with Gasteiger partial charge in [0.15, 0.2) is 0 Å². The Hall–Kier alpha value is -2.62. The van der Waals surface area contributed by atoms with Crippen LogP contribution in [0.2, 0.25) is 0 Å². The summed E-state index contributed by atoms with van der Waals surface area (Å²) >= 11 is 0. The van der Waals surface area contributed by atoms with Gasteiger partial charge in [-0.3, -0.25) is 0 Å². The van der Waals surface area contributed by atoms with E-state index in [4.69, 9.17) is 9.72 Å². The zero-order chi connectivity index (χ0) is 17.9. The Bertz CT molecular complexity index is 912. The standard InChI is InChI=1S/C22H23FN2O/c1-16-6-2-3-13-25(16)21-12-11-18-8-5-10-20(22(18)24-21)26-15-17-7-4-9-19(23)14-17/h4-5,7-12,14,16H,2-3,6,13,15H2,1H3. The highest BCUT2D eigenvalue weighted by atomic mass is 19.1. The maximum absolute atomic E-state index is 13.4. The van der Waals surface area contributed by atoms with Crippen LogP contribution in [0.5, 0.6) is 5.75 Å². The molecule has 0 radical (unpaired) electrons. The number of pyridine rings is 1. The molecule has 0 spiro atoms. The molecule has 0 aliphatic carbocycles. The fourth-order valence-electron chi connectivity index (χ4n) is 3.61. The molecule has 1 aromatic heterocycles. The third kappa shape index (κ3) is 3.50. The van der Waals surface area contributed by atoms with E-state index in [-0.39, 0.29) is 5.82 Å². The monoisotopic (exact) mass is 350 g/mol. The average Bonchev–Trinajstić information content (AvgIpc) is 2.66. The maximum atomic E-state index is 13.4. The zero-order valence-electron chi connectivity index (χ0n) is 15.0. The second-order valence-electron chi connectivity index (χ2n) is 6.95. The Kier molecular flexibility index (Phi) is 4.74. The van der Waals surface area contributed by atoms with E-state index in [1.165, 1.54) is 31.4 Å². The Morgan fingerprint density at radius 1 is 1.12 bits per heavy atom. The van der Waals surface area contributed by atoms with Crippen LogP contribution in [0.25, 0.3) is 10.9 Å². The van der Waals surface area contributed by atoms with E-state index in [1.807, 2.05) is 24.3 Å². The normalized spacial score (nSPS) is 17.5. The molecular weight excluding hydrogens is 327 g/mol. The second kappa shape index (κ2) is 7.32. The second-order valence-corrected chi connectivity index (χ2v) is 6.95. The van der Waals surface area contributed by atoms with E-state index in [9.17, 15) is 4.39 Å². The van der Waals surface area contributed by atoms with E-state index in [1.54, 1.807) is 6.07 Å². The van der Waals surface area contributed by atoms with Crippen LogP contribution in [0.3, 0.4) is 0 Å². The van der Waals surface area contributed by atoms with Crippen LogP contribution in [-0.2, 0) is 6.61 Å². The van der Waals surface area contributed by atoms with Gasteiger partial charge in [0.2, 0.25) is 0 Å². The van der Waals surface area contributed by atoms with Gasteiger partial charge in [-0.15, -0.1) is 0 Å². The first kappa shape index (κ1) is 16.8. The minimum absolute atomic E-state index is 0.247. The predicted octanol–water partition coefficient (Wildman–Crippen LogP) is 5.33. The molecule has 3 aromatic rings. The van der Waals surface area contributed by atoms with Gasteiger partial charge in [0.25, 0.3) is 0 Å². The van der Waals surface area contributed by atoms with Crippen molar-refractivity contribution in [2.75, 3.05) is 11.4 Å². The van der Waals surface area contributed by atoms with Gasteiger partial charge in [-0.05, 0) is 62.1 Å². The topological polar surface area (TPSA) is 25.4 Å².